The van der Waals surface area contributed by atoms with Gasteiger partial charge in [0.15, 0.2) is 0 Å². The van der Waals surface area contributed by atoms with E-state index in [0.29, 0.717) is 6.42 Å². The number of nitriles is 1. The Morgan fingerprint density at radius 3 is 2.63 bits per heavy atom. The topological polar surface area (TPSA) is 78.9 Å². The van der Waals surface area contributed by atoms with Gasteiger partial charge in [0.1, 0.15) is 0 Å². The van der Waals surface area contributed by atoms with Gasteiger partial charge in [0.05, 0.1) is 23.2 Å². The SMILES string of the molecule is CC[C@H](N)C(=O)Nc1ccc(C#N)c(C(F)(F)F)c1. The van der Waals surface area contributed by atoms with Gasteiger partial charge in [-0.05, 0) is 24.6 Å². The molecule has 102 valence electrons. The highest BCUT2D eigenvalue weighted by molar-refractivity contribution is 5.94. The third-order valence-corrected chi connectivity index (χ3v) is 2.49. The van der Waals surface area contributed by atoms with Crippen LogP contribution in [0, 0.1) is 11.3 Å². The second-order valence-corrected chi connectivity index (χ2v) is 3.87. The molecule has 0 aromatic heterocycles. The predicted octanol–water partition coefficient (Wildman–Crippen LogP) is 2.25. The average Bonchev–Trinajstić information content (AvgIpc) is 2.36. The average molecular weight is 271 g/mol. The molecule has 19 heavy (non-hydrogen) atoms. The second kappa shape index (κ2) is 5.71. The first-order valence-corrected chi connectivity index (χ1v) is 5.47. The van der Waals surface area contributed by atoms with Crippen molar-refractivity contribution in [3.63, 3.8) is 0 Å². The quantitative estimate of drug-likeness (QED) is 0.885. The molecule has 0 saturated carbocycles. The van der Waals surface area contributed by atoms with Gasteiger partial charge in [-0.2, -0.15) is 18.4 Å². The van der Waals surface area contributed by atoms with Crippen LogP contribution in [-0.4, -0.2) is 11.9 Å². The van der Waals surface area contributed by atoms with Crippen LogP contribution >= 0.6 is 0 Å². The molecule has 0 bridgehead atoms. The zero-order chi connectivity index (χ0) is 14.6. The van der Waals surface area contributed by atoms with Gasteiger partial charge in [-0.25, -0.2) is 0 Å². The highest BCUT2D eigenvalue weighted by Gasteiger charge is 2.34. The molecule has 0 heterocycles. The lowest BCUT2D eigenvalue weighted by Gasteiger charge is -2.13. The molecular weight excluding hydrogens is 259 g/mol. The summed E-state index contributed by atoms with van der Waals surface area (Å²) in [6.45, 7) is 1.68. The maximum Gasteiger partial charge on any atom is 0.417 e. The molecule has 1 rings (SSSR count). The van der Waals surface area contributed by atoms with Crippen molar-refractivity contribution in [2.45, 2.75) is 25.6 Å². The van der Waals surface area contributed by atoms with Crippen molar-refractivity contribution in [3.8, 4) is 6.07 Å². The minimum atomic E-state index is -4.65. The summed E-state index contributed by atoms with van der Waals surface area (Å²) in [4.78, 5) is 11.5. The van der Waals surface area contributed by atoms with Gasteiger partial charge < -0.3 is 11.1 Å². The van der Waals surface area contributed by atoms with Crippen LogP contribution in [0.3, 0.4) is 0 Å². The van der Waals surface area contributed by atoms with Crippen molar-refractivity contribution in [1.29, 1.82) is 5.26 Å². The van der Waals surface area contributed by atoms with E-state index in [1.165, 1.54) is 12.1 Å². The van der Waals surface area contributed by atoms with Crippen LogP contribution in [-0.2, 0) is 11.0 Å². The van der Waals surface area contributed by atoms with Crippen LogP contribution in [0.2, 0.25) is 0 Å². The smallest absolute Gasteiger partial charge is 0.325 e. The first-order valence-electron chi connectivity index (χ1n) is 5.47. The summed E-state index contributed by atoms with van der Waals surface area (Å²) in [7, 11) is 0. The standard InChI is InChI=1S/C12H12F3N3O/c1-2-10(17)11(19)18-8-4-3-7(6-16)9(5-8)12(13,14)15/h3-5,10H,2,17H2,1H3,(H,18,19)/t10-/m0/s1. The predicted molar refractivity (Wildman–Crippen MR) is 63.1 cm³/mol. The fraction of sp³-hybridized carbons (Fsp3) is 0.333. The molecule has 0 saturated heterocycles. The highest BCUT2D eigenvalue weighted by atomic mass is 19.4. The van der Waals surface area contributed by atoms with Gasteiger partial charge >= 0.3 is 6.18 Å². The summed E-state index contributed by atoms with van der Waals surface area (Å²) < 4.78 is 38.1. The lowest BCUT2D eigenvalue weighted by Crippen LogP contribution is -2.34. The fourth-order valence-electron chi connectivity index (χ4n) is 1.37. The maximum atomic E-state index is 12.7. The van der Waals surface area contributed by atoms with E-state index in [4.69, 9.17) is 11.0 Å². The molecular formula is C12H12F3N3O. The van der Waals surface area contributed by atoms with E-state index >= 15 is 0 Å². The molecule has 3 N–H and O–H groups in total. The van der Waals surface area contributed by atoms with Crippen molar-refractivity contribution < 1.29 is 18.0 Å². The second-order valence-electron chi connectivity index (χ2n) is 3.87. The number of rotatable bonds is 3. The van der Waals surface area contributed by atoms with Crippen LogP contribution in [0.1, 0.15) is 24.5 Å². The number of halogens is 3. The summed E-state index contributed by atoms with van der Waals surface area (Å²) in [5, 5.41) is 10.9. The zero-order valence-electron chi connectivity index (χ0n) is 10.1. The Balaban J connectivity index is 3.07. The Kier molecular flexibility index (Phi) is 4.51. The molecule has 1 amide bonds. The largest absolute Gasteiger partial charge is 0.417 e. The van der Waals surface area contributed by atoms with Gasteiger partial charge in [-0.1, -0.05) is 6.92 Å². The lowest BCUT2D eigenvalue weighted by atomic mass is 10.1. The molecule has 0 radical (unpaired) electrons. The van der Waals surface area contributed by atoms with Gasteiger partial charge in [-0.3, -0.25) is 4.79 Å². The minimum absolute atomic E-state index is 0.0415. The first kappa shape index (κ1) is 15.0. The molecule has 1 atom stereocenters. The molecule has 0 unspecified atom stereocenters. The van der Waals surface area contributed by atoms with E-state index in [9.17, 15) is 18.0 Å². The van der Waals surface area contributed by atoms with Crippen LogP contribution in [0.25, 0.3) is 0 Å². The maximum absolute atomic E-state index is 12.7. The molecule has 0 aliphatic carbocycles. The van der Waals surface area contributed by atoms with Crippen molar-refractivity contribution in [2.75, 3.05) is 5.32 Å². The number of nitrogens with one attached hydrogen (secondary N) is 1. The summed E-state index contributed by atoms with van der Waals surface area (Å²) >= 11 is 0. The number of benzene rings is 1. The Bertz CT molecular complexity index is 520. The summed E-state index contributed by atoms with van der Waals surface area (Å²) in [6.07, 6.45) is -4.28. The minimum Gasteiger partial charge on any atom is -0.325 e. The highest BCUT2D eigenvalue weighted by Crippen LogP contribution is 2.33. The summed E-state index contributed by atoms with van der Waals surface area (Å²) in [6, 6.07) is 3.63. The van der Waals surface area contributed by atoms with E-state index in [1.54, 1.807) is 6.92 Å². The zero-order valence-corrected chi connectivity index (χ0v) is 10.1. The van der Waals surface area contributed by atoms with E-state index in [2.05, 4.69) is 5.32 Å². The van der Waals surface area contributed by atoms with Gasteiger partial charge in [-0.15, -0.1) is 0 Å². The Labute approximate surface area is 108 Å². The number of carbonyl (C=O) groups excluding carboxylic acids is 1. The van der Waals surface area contributed by atoms with Gasteiger partial charge in [0.25, 0.3) is 0 Å². The van der Waals surface area contributed by atoms with Gasteiger partial charge in [0, 0.05) is 5.69 Å². The molecule has 7 heteroatoms. The van der Waals surface area contributed by atoms with E-state index in [1.807, 2.05) is 0 Å². The first-order chi connectivity index (χ1) is 8.79. The summed E-state index contributed by atoms with van der Waals surface area (Å²) in [5.74, 6) is -0.569. The fourth-order valence-corrected chi connectivity index (χ4v) is 1.37. The molecule has 1 aromatic rings. The van der Waals surface area contributed by atoms with Crippen LogP contribution in [0.5, 0.6) is 0 Å². The third-order valence-electron chi connectivity index (χ3n) is 2.49. The number of hydrogen-bond acceptors (Lipinski definition) is 3. The number of nitrogens with zero attached hydrogens (tertiary/aromatic N) is 1. The van der Waals surface area contributed by atoms with E-state index in [0.717, 1.165) is 12.1 Å². The van der Waals surface area contributed by atoms with Crippen molar-refractivity contribution in [1.82, 2.24) is 0 Å². The Hall–Kier alpha value is -2.07. The van der Waals surface area contributed by atoms with Crippen LogP contribution < -0.4 is 11.1 Å². The number of carbonyl (C=O) groups is 1. The number of hydrogen-bond donors (Lipinski definition) is 2. The van der Waals surface area contributed by atoms with Gasteiger partial charge in [0.2, 0.25) is 5.91 Å². The number of nitrogens with two attached hydrogens (primary N) is 1. The number of alkyl halides is 3. The molecule has 0 aliphatic rings. The Morgan fingerprint density at radius 2 is 2.16 bits per heavy atom. The van der Waals surface area contributed by atoms with Crippen LogP contribution in [0.15, 0.2) is 18.2 Å². The third kappa shape index (κ3) is 3.69. The molecule has 4 nitrogen and oxygen atoms in total. The van der Waals surface area contributed by atoms with Crippen LogP contribution in [0.4, 0.5) is 18.9 Å². The van der Waals surface area contributed by atoms with Crippen molar-refractivity contribution in [2.24, 2.45) is 5.73 Å². The monoisotopic (exact) mass is 271 g/mol. The molecule has 0 aliphatic heterocycles. The Morgan fingerprint density at radius 1 is 1.53 bits per heavy atom. The lowest BCUT2D eigenvalue weighted by molar-refractivity contribution is -0.137. The molecule has 1 aromatic carbocycles. The van der Waals surface area contributed by atoms with E-state index < -0.39 is 29.3 Å². The number of anilines is 1. The van der Waals surface area contributed by atoms with E-state index in [-0.39, 0.29) is 5.69 Å². The van der Waals surface area contributed by atoms with Crippen molar-refractivity contribution in [3.05, 3.63) is 29.3 Å². The molecule has 0 fully saturated rings. The number of amides is 1. The van der Waals surface area contributed by atoms with Crippen molar-refractivity contribution >= 4 is 11.6 Å². The molecule has 0 spiro atoms. The normalized spacial score (nSPS) is 12.6. The summed E-state index contributed by atoms with van der Waals surface area (Å²) in [5.41, 5.74) is 3.84.